The molecule has 0 saturated carbocycles. The van der Waals surface area contributed by atoms with Gasteiger partial charge in [0.2, 0.25) is 0 Å². The van der Waals surface area contributed by atoms with Gasteiger partial charge in [0.25, 0.3) is 0 Å². The number of aryl methyl sites for hydroxylation is 1. The van der Waals surface area contributed by atoms with Gasteiger partial charge in [0.05, 0.1) is 24.2 Å². The van der Waals surface area contributed by atoms with E-state index in [0.717, 1.165) is 44.1 Å². The molecule has 3 heterocycles. The number of thiophene rings is 1. The average molecular weight is 313 g/mol. The van der Waals surface area contributed by atoms with Crippen molar-refractivity contribution in [1.29, 1.82) is 0 Å². The van der Waals surface area contributed by atoms with Gasteiger partial charge < -0.3 is 9.64 Å². The Morgan fingerprint density at radius 2 is 2.05 bits per heavy atom. The van der Waals surface area contributed by atoms with Crippen molar-refractivity contribution in [3.8, 4) is 5.00 Å². The number of nitrogens with zero attached hydrogens (tertiary/aromatic N) is 3. The van der Waals surface area contributed by atoms with E-state index in [9.17, 15) is 0 Å². The van der Waals surface area contributed by atoms with E-state index in [4.69, 9.17) is 9.72 Å². The van der Waals surface area contributed by atoms with Gasteiger partial charge in [0, 0.05) is 30.6 Å². The van der Waals surface area contributed by atoms with Crippen molar-refractivity contribution in [2.24, 2.45) is 0 Å². The lowest BCUT2D eigenvalue weighted by Gasteiger charge is -2.27. The van der Waals surface area contributed by atoms with Crippen LogP contribution >= 0.6 is 11.3 Å². The van der Waals surface area contributed by atoms with Gasteiger partial charge in [-0.2, -0.15) is 0 Å². The van der Waals surface area contributed by atoms with Crippen molar-refractivity contribution < 1.29 is 4.74 Å². The van der Waals surface area contributed by atoms with Gasteiger partial charge in [0.15, 0.2) is 0 Å². The van der Waals surface area contributed by atoms with Crippen LogP contribution in [-0.2, 0) is 11.2 Å². The van der Waals surface area contributed by atoms with Gasteiger partial charge >= 0.3 is 0 Å². The molecule has 1 fully saturated rings. The third-order valence-corrected chi connectivity index (χ3v) is 5.02. The normalized spacial score (nSPS) is 15.6. The van der Waals surface area contributed by atoms with Crippen LogP contribution in [0.3, 0.4) is 0 Å². The van der Waals surface area contributed by atoms with Crippen LogP contribution in [0.4, 0.5) is 5.69 Å². The molecule has 0 spiro atoms. The molecule has 1 aromatic carbocycles. The number of para-hydroxylation sites is 2. The summed E-state index contributed by atoms with van der Waals surface area (Å²) in [6, 6.07) is 10.6. The summed E-state index contributed by atoms with van der Waals surface area (Å²) in [5.41, 5.74) is 3.55. The molecule has 3 aromatic rings. The lowest BCUT2D eigenvalue weighted by Crippen LogP contribution is -2.35. The molecule has 0 N–H and O–H groups in total. The molecule has 2 aromatic heterocycles. The topological polar surface area (TPSA) is 30.3 Å². The molecule has 0 radical (unpaired) electrons. The van der Waals surface area contributed by atoms with Gasteiger partial charge in [-0.15, -0.1) is 11.3 Å². The second kappa shape index (κ2) is 5.74. The first-order chi connectivity index (χ1) is 10.9. The Morgan fingerprint density at radius 3 is 2.86 bits per heavy atom. The van der Waals surface area contributed by atoms with Crippen molar-refractivity contribution >= 4 is 28.1 Å². The maximum Gasteiger partial charge on any atom is 0.114 e. The number of hydrogen-bond donors (Lipinski definition) is 0. The first kappa shape index (κ1) is 13.8. The molecule has 0 aliphatic carbocycles. The molecule has 0 bridgehead atoms. The smallest absolute Gasteiger partial charge is 0.114 e. The number of aromatic nitrogens is 2. The van der Waals surface area contributed by atoms with Crippen LogP contribution in [0.1, 0.15) is 12.7 Å². The summed E-state index contributed by atoms with van der Waals surface area (Å²) in [7, 11) is 0. The molecule has 0 amide bonds. The number of anilines is 1. The van der Waals surface area contributed by atoms with Crippen molar-refractivity contribution in [3.63, 3.8) is 0 Å². The minimum Gasteiger partial charge on any atom is -0.378 e. The van der Waals surface area contributed by atoms with E-state index in [1.54, 1.807) is 11.3 Å². The summed E-state index contributed by atoms with van der Waals surface area (Å²) < 4.78 is 7.74. The molecule has 0 atom stereocenters. The molecule has 4 rings (SSSR count). The highest BCUT2D eigenvalue weighted by Gasteiger charge is 2.16. The van der Waals surface area contributed by atoms with Gasteiger partial charge in [-0.25, -0.2) is 4.98 Å². The first-order valence-corrected chi connectivity index (χ1v) is 8.62. The zero-order chi connectivity index (χ0) is 14.9. The monoisotopic (exact) mass is 313 g/mol. The highest BCUT2D eigenvalue weighted by atomic mass is 32.1. The number of rotatable bonds is 3. The van der Waals surface area contributed by atoms with E-state index < -0.39 is 0 Å². The van der Waals surface area contributed by atoms with E-state index in [2.05, 4.69) is 46.0 Å². The lowest BCUT2D eigenvalue weighted by atomic mass is 10.3. The second-order valence-corrected chi connectivity index (χ2v) is 6.34. The molecule has 1 saturated heterocycles. The Hall–Kier alpha value is -1.85. The summed E-state index contributed by atoms with van der Waals surface area (Å²) >= 11 is 1.79. The fourth-order valence-electron chi connectivity index (χ4n) is 2.98. The lowest BCUT2D eigenvalue weighted by molar-refractivity contribution is 0.122. The summed E-state index contributed by atoms with van der Waals surface area (Å²) in [5, 5.41) is 3.49. The Morgan fingerprint density at radius 1 is 1.23 bits per heavy atom. The summed E-state index contributed by atoms with van der Waals surface area (Å²) in [5.74, 6) is 1.12. The SMILES string of the molecule is CCc1nc2ccccc2n1-c1cc(N2CCOCC2)cs1. The van der Waals surface area contributed by atoms with Crippen LogP contribution in [0, 0.1) is 0 Å². The molecule has 0 unspecified atom stereocenters. The van der Waals surface area contributed by atoms with Crippen molar-refractivity contribution in [2.75, 3.05) is 31.2 Å². The van der Waals surface area contributed by atoms with Gasteiger partial charge in [-0.05, 0) is 18.2 Å². The maximum absolute atomic E-state index is 5.44. The predicted molar refractivity (Wildman–Crippen MR) is 91.4 cm³/mol. The van der Waals surface area contributed by atoms with E-state index in [-0.39, 0.29) is 0 Å². The van der Waals surface area contributed by atoms with E-state index in [1.165, 1.54) is 16.2 Å². The first-order valence-electron chi connectivity index (χ1n) is 7.75. The standard InChI is InChI=1S/C17H19N3OS/c1-2-16-18-14-5-3-4-6-15(14)20(16)17-11-13(12-22-17)19-7-9-21-10-8-19/h3-6,11-12H,2,7-10H2,1H3. The van der Waals surface area contributed by atoms with Crippen LogP contribution in [0.5, 0.6) is 0 Å². The van der Waals surface area contributed by atoms with Crippen LogP contribution in [0.2, 0.25) is 0 Å². The number of imidazole rings is 1. The summed E-state index contributed by atoms with van der Waals surface area (Å²) in [4.78, 5) is 7.16. The van der Waals surface area contributed by atoms with Crippen molar-refractivity contribution in [3.05, 3.63) is 41.5 Å². The zero-order valence-corrected chi connectivity index (χ0v) is 13.5. The molecular formula is C17H19N3OS. The molecular weight excluding hydrogens is 294 g/mol. The average Bonchev–Trinajstić information content (AvgIpc) is 3.19. The highest BCUT2D eigenvalue weighted by Crippen LogP contribution is 2.31. The van der Waals surface area contributed by atoms with Gasteiger partial charge in [-0.3, -0.25) is 4.57 Å². The minimum atomic E-state index is 0.819. The van der Waals surface area contributed by atoms with E-state index in [0.29, 0.717) is 0 Å². The number of fused-ring (bicyclic) bond motifs is 1. The van der Waals surface area contributed by atoms with Gasteiger partial charge in [-0.1, -0.05) is 19.1 Å². The predicted octanol–water partition coefficient (Wildman–Crippen LogP) is 3.49. The van der Waals surface area contributed by atoms with Crippen LogP contribution in [0.15, 0.2) is 35.7 Å². The third kappa shape index (κ3) is 2.30. The van der Waals surface area contributed by atoms with Crippen LogP contribution < -0.4 is 4.90 Å². The number of morpholine rings is 1. The van der Waals surface area contributed by atoms with E-state index >= 15 is 0 Å². The van der Waals surface area contributed by atoms with Crippen LogP contribution in [-0.4, -0.2) is 35.9 Å². The Balaban J connectivity index is 1.77. The molecule has 5 heteroatoms. The molecule has 1 aliphatic heterocycles. The Labute approximate surface area is 134 Å². The van der Waals surface area contributed by atoms with Crippen molar-refractivity contribution in [2.45, 2.75) is 13.3 Å². The van der Waals surface area contributed by atoms with E-state index in [1.807, 2.05) is 6.07 Å². The fraction of sp³-hybridized carbons (Fsp3) is 0.353. The molecule has 4 nitrogen and oxygen atoms in total. The van der Waals surface area contributed by atoms with Crippen LogP contribution in [0.25, 0.3) is 16.0 Å². The summed E-state index contributed by atoms with van der Waals surface area (Å²) in [6.07, 6.45) is 0.930. The number of benzene rings is 1. The third-order valence-electron chi connectivity index (χ3n) is 4.11. The van der Waals surface area contributed by atoms with Crippen molar-refractivity contribution in [1.82, 2.24) is 9.55 Å². The van der Waals surface area contributed by atoms with Gasteiger partial charge in [0.1, 0.15) is 10.8 Å². The Kier molecular flexibility index (Phi) is 3.60. The molecule has 1 aliphatic rings. The number of hydrogen-bond acceptors (Lipinski definition) is 4. The Bertz CT molecular complexity index is 786. The minimum absolute atomic E-state index is 0.819. The molecule has 114 valence electrons. The zero-order valence-electron chi connectivity index (χ0n) is 12.7. The largest absolute Gasteiger partial charge is 0.378 e. The molecule has 22 heavy (non-hydrogen) atoms. The fourth-order valence-corrected chi connectivity index (χ4v) is 3.94. The quantitative estimate of drug-likeness (QED) is 0.741. The second-order valence-electron chi connectivity index (χ2n) is 5.45. The highest BCUT2D eigenvalue weighted by molar-refractivity contribution is 7.13. The summed E-state index contributed by atoms with van der Waals surface area (Å²) in [6.45, 7) is 5.75. The number of ether oxygens (including phenoxy) is 1. The maximum atomic E-state index is 5.44.